The van der Waals surface area contributed by atoms with Crippen molar-refractivity contribution in [3.63, 3.8) is 0 Å². The van der Waals surface area contributed by atoms with Gasteiger partial charge in [-0.1, -0.05) is 27.2 Å². The first-order valence-corrected chi connectivity index (χ1v) is 7.11. The lowest BCUT2D eigenvalue weighted by Gasteiger charge is -2.28. The molecule has 1 N–H and O–H groups in total. The van der Waals surface area contributed by atoms with E-state index in [9.17, 15) is 0 Å². The molecule has 102 valence electrons. The first-order chi connectivity index (χ1) is 8.72. The van der Waals surface area contributed by atoms with Crippen molar-refractivity contribution in [3.8, 4) is 0 Å². The van der Waals surface area contributed by atoms with E-state index in [-0.39, 0.29) is 0 Å². The summed E-state index contributed by atoms with van der Waals surface area (Å²) in [4.78, 5) is 6.72. The van der Waals surface area contributed by atoms with Gasteiger partial charge in [-0.25, -0.2) is 0 Å². The van der Waals surface area contributed by atoms with E-state index < -0.39 is 0 Å². The van der Waals surface area contributed by atoms with Crippen molar-refractivity contribution < 1.29 is 0 Å². The molecular formula is C15H27N3. The van der Waals surface area contributed by atoms with E-state index in [1.165, 1.54) is 17.7 Å². The van der Waals surface area contributed by atoms with E-state index in [2.05, 4.69) is 49.0 Å². The molecule has 0 fully saturated rings. The van der Waals surface area contributed by atoms with Crippen molar-refractivity contribution >= 4 is 5.69 Å². The Morgan fingerprint density at radius 3 is 2.72 bits per heavy atom. The number of aromatic nitrogens is 1. The van der Waals surface area contributed by atoms with Gasteiger partial charge < -0.3 is 10.2 Å². The van der Waals surface area contributed by atoms with Gasteiger partial charge in [0.15, 0.2) is 0 Å². The molecule has 1 aromatic rings. The fourth-order valence-electron chi connectivity index (χ4n) is 2.01. The van der Waals surface area contributed by atoms with Gasteiger partial charge in [0.05, 0.1) is 11.9 Å². The van der Waals surface area contributed by atoms with Crippen LogP contribution in [0.5, 0.6) is 0 Å². The van der Waals surface area contributed by atoms with Crippen LogP contribution in [0.4, 0.5) is 5.69 Å². The second-order valence-electron chi connectivity index (χ2n) is 4.84. The standard InChI is InChI=1S/C15H27N3/c1-5-13(4)12-18(7-3)15-11-17-9-8-14(15)10-16-6-2/h8-9,11,13,16H,5-7,10,12H2,1-4H3. The molecule has 1 aromatic heterocycles. The van der Waals surface area contributed by atoms with Crippen LogP contribution < -0.4 is 10.2 Å². The normalized spacial score (nSPS) is 12.4. The summed E-state index contributed by atoms with van der Waals surface area (Å²) in [5.74, 6) is 0.720. The Morgan fingerprint density at radius 1 is 1.33 bits per heavy atom. The molecule has 1 rings (SSSR count). The van der Waals surface area contributed by atoms with Crippen molar-refractivity contribution in [3.05, 3.63) is 24.0 Å². The molecule has 3 heteroatoms. The zero-order chi connectivity index (χ0) is 13.4. The van der Waals surface area contributed by atoms with Gasteiger partial charge in [0.25, 0.3) is 0 Å². The average Bonchev–Trinajstić information content (AvgIpc) is 2.42. The topological polar surface area (TPSA) is 28.2 Å². The Morgan fingerprint density at radius 2 is 2.11 bits per heavy atom. The molecule has 0 aliphatic rings. The van der Waals surface area contributed by atoms with Crippen molar-refractivity contribution in [2.24, 2.45) is 5.92 Å². The number of hydrogen-bond donors (Lipinski definition) is 1. The highest BCUT2D eigenvalue weighted by Crippen LogP contribution is 2.20. The van der Waals surface area contributed by atoms with Crippen molar-refractivity contribution in [2.75, 3.05) is 24.5 Å². The van der Waals surface area contributed by atoms with Gasteiger partial charge in [-0.3, -0.25) is 4.98 Å². The lowest BCUT2D eigenvalue weighted by Crippen LogP contribution is -2.29. The maximum atomic E-state index is 4.29. The van der Waals surface area contributed by atoms with Crippen molar-refractivity contribution in [1.29, 1.82) is 0 Å². The Kier molecular flexibility index (Phi) is 6.73. The third-order valence-electron chi connectivity index (χ3n) is 3.40. The number of anilines is 1. The van der Waals surface area contributed by atoms with Crippen LogP contribution >= 0.6 is 0 Å². The summed E-state index contributed by atoms with van der Waals surface area (Å²) >= 11 is 0. The second kappa shape index (κ2) is 8.09. The number of pyridine rings is 1. The molecule has 0 radical (unpaired) electrons. The molecule has 1 atom stereocenters. The van der Waals surface area contributed by atoms with Crippen LogP contribution in [-0.4, -0.2) is 24.6 Å². The highest BCUT2D eigenvalue weighted by Gasteiger charge is 2.12. The number of nitrogens with one attached hydrogen (secondary N) is 1. The average molecular weight is 249 g/mol. The van der Waals surface area contributed by atoms with E-state index >= 15 is 0 Å². The van der Waals surface area contributed by atoms with Gasteiger partial charge in [-0.2, -0.15) is 0 Å². The van der Waals surface area contributed by atoms with Crippen molar-refractivity contribution in [1.82, 2.24) is 10.3 Å². The van der Waals surface area contributed by atoms with Gasteiger partial charge in [-0.05, 0) is 31.0 Å². The summed E-state index contributed by atoms with van der Waals surface area (Å²) in [7, 11) is 0. The van der Waals surface area contributed by atoms with E-state index in [4.69, 9.17) is 0 Å². The predicted octanol–water partition coefficient (Wildman–Crippen LogP) is 3.06. The molecule has 0 aromatic carbocycles. The summed E-state index contributed by atoms with van der Waals surface area (Å²) < 4.78 is 0. The largest absolute Gasteiger partial charge is 0.370 e. The van der Waals surface area contributed by atoms with Gasteiger partial charge in [0.2, 0.25) is 0 Å². The molecule has 0 saturated carbocycles. The Balaban J connectivity index is 2.83. The van der Waals surface area contributed by atoms with Crippen LogP contribution in [0.1, 0.15) is 39.7 Å². The van der Waals surface area contributed by atoms with Crippen LogP contribution in [0.15, 0.2) is 18.5 Å². The van der Waals surface area contributed by atoms with Gasteiger partial charge in [0, 0.05) is 25.8 Å². The summed E-state index contributed by atoms with van der Waals surface area (Å²) in [6.45, 7) is 13.0. The Bertz CT molecular complexity index is 338. The third-order valence-corrected chi connectivity index (χ3v) is 3.40. The molecule has 3 nitrogen and oxygen atoms in total. The summed E-state index contributed by atoms with van der Waals surface area (Å²) in [5, 5.41) is 3.40. The molecule has 1 unspecified atom stereocenters. The number of hydrogen-bond acceptors (Lipinski definition) is 3. The minimum absolute atomic E-state index is 0.720. The second-order valence-corrected chi connectivity index (χ2v) is 4.84. The monoisotopic (exact) mass is 249 g/mol. The molecule has 1 heterocycles. The molecule has 0 spiro atoms. The van der Waals surface area contributed by atoms with Crippen LogP contribution in [0.3, 0.4) is 0 Å². The Labute approximate surface area is 112 Å². The zero-order valence-electron chi connectivity index (χ0n) is 12.2. The van der Waals surface area contributed by atoms with Gasteiger partial charge in [0.1, 0.15) is 0 Å². The highest BCUT2D eigenvalue weighted by atomic mass is 15.1. The molecule has 0 aliphatic carbocycles. The first-order valence-electron chi connectivity index (χ1n) is 7.11. The maximum absolute atomic E-state index is 4.29. The van der Waals surface area contributed by atoms with E-state index in [0.29, 0.717) is 0 Å². The predicted molar refractivity (Wildman–Crippen MR) is 79.0 cm³/mol. The third kappa shape index (κ3) is 4.30. The maximum Gasteiger partial charge on any atom is 0.0598 e. The smallest absolute Gasteiger partial charge is 0.0598 e. The van der Waals surface area contributed by atoms with Crippen LogP contribution in [0, 0.1) is 5.92 Å². The first kappa shape index (κ1) is 15.0. The SMILES string of the molecule is CCNCc1ccncc1N(CC)CC(C)CC. The van der Waals surface area contributed by atoms with Crippen LogP contribution in [0.2, 0.25) is 0 Å². The summed E-state index contributed by atoms with van der Waals surface area (Å²) in [6.07, 6.45) is 5.10. The molecule has 0 amide bonds. The lowest BCUT2D eigenvalue weighted by atomic mass is 10.1. The van der Waals surface area contributed by atoms with E-state index in [1.54, 1.807) is 0 Å². The minimum Gasteiger partial charge on any atom is -0.370 e. The molecule has 0 bridgehead atoms. The minimum atomic E-state index is 0.720. The van der Waals surface area contributed by atoms with Gasteiger partial charge >= 0.3 is 0 Å². The fourth-order valence-corrected chi connectivity index (χ4v) is 2.01. The van der Waals surface area contributed by atoms with Crippen LogP contribution in [-0.2, 0) is 6.54 Å². The number of nitrogens with zero attached hydrogens (tertiary/aromatic N) is 2. The van der Waals surface area contributed by atoms with Crippen molar-refractivity contribution in [2.45, 2.75) is 40.7 Å². The molecule has 0 aliphatic heterocycles. The van der Waals surface area contributed by atoms with Crippen LogP contribution in [0.25, 0.3) is 0 Å². The summed E-state index contributed by atoms with van der Waals surface area (Å²) in [5.41, 5.74) is 2.62. The van der Waals surface area contributed by atoms with Gasteiger partial charge in [-0.15, -0.1) is 0 Å². The Hall–Kier alpha value is -1.09. The molecule has 18 heavy (non-hydrogen) atoms. The van der Waals surface area contributed by atoms with E-state index in [0.717, 1.165) is 32.1 Å². The highest BCUT2D eigenvalue weighted by molar-refractivity contribution is 5.51. The molecular weight excluding hydrogens is 222 g/mol. The fraction of sp³-hybridized carbons (Fsp3) is 0.667. The number of rotatable bonds is 8. The lowest BCUT2D eigenvalue weighted by molar-refractivity contribution is 0.546. The zero-order valence-corrected chi connectivity index (χ0v) is 12.2. The molecule has 0 saturated heterocycles. The quantitative estimate of drug-likeness (QED) is 0.767. The van der Waals surface area contributed by atoms with E-state index in [1.807, 2.05) is 12.4 Å². The summed E-state index contributed by atoms with van der Waals surface area (Å²) in [6, 6.07) is 2.12.